The summed E-state index contributed by atoms with van der Waals surface area (Å²) < 4.78 is 0. The summed E-state index contributed by atoms with van der Waals surface area (Å²) in [5, 5.41) is 0. The van der Waals surface area contributed by atoms with Gasteiger partial charge in [-0.25, -0.2) is 24.9 Å². The highest BCUT2D eigenvalue weighted by molar-refractivity contribution is 5.78. The Bertz CT molecular complexity index is 2400. The molecule has 0 fully saturated rings. The van der Waals surface area contributed by atoms with Crippen LogP contribution in [0.25, 0.3) is 90.5 Å². The van der Waals surface area contributed by atoms with Gasteiger partial charge in [-0.2, -0.15) is 0 Å². The summed E-state index contributed by atoms with van der Waals surface area (Å²) in [5.74, 6) is 1.88. The van der Waals surface area contributed by atoms with E-state index in [1.165, 1.54) is 0 Å². The van der Waals surface area contributed by atoms with E-state index in [1.54, 1.807) is 6.20 Å². The van der Waals surface area contributed by atoms with Crippen LogP contribution in [0, 0.1) is 0 Å². The highest BCUT2D eigenvalue weighted by Crippen LogP contribution is 2.33. The minimum Gasteiger partial charge on any atom is -0.255 e. The van der Waals surface area contributed by atoms with Crippen molar-refractivity contribution in [3.05, 3.63) is 194 Å². The molecule has 0 unspecified atom stereocenters. The molecule has 0 amide bonds. The lowest BCUT2D eigenvalue weighted by molar-refractivity contribution is 1.07. The van der Waals surface area contributed by atoms with Crippen LogP contribution in [0.1, 0.15) is 0 Å². The second-order valence-corrected chi connectivity index (χ2v) is 12.8. The van der Waals surface area contributed by atoms with Gasteiger partial charge in [0.1, 0.15) is 0 Å². The van der Waals surface area contributed by atoms with Gasteiger partial charge in [0.15, 0.2) is 17.5 Å². The van der Waals surface area contributed by atoms with E-state index in [9.17, 15) is 0 Å². The first-order chi connectivity index (χ1) is 26.7. The van der Waals surface area contributed by atoms with Crippen molar-refractivity contribution >= 4 is 0 Å². The number of rotatable bonds is 8. The Hall–Kier alpha value is -7.44. The van der Waals surface area contributed by atoms with Crippen molar-refractivity contribution in [2.45, 2.75) is 0 Å². The molecule has 0 spiro atoms. The quantitative estimate of drug-likeness (QED) is 0.158. The van der Waals surface area contributed by atoms with Crippen LogP contribution in [0.4, 0.5) is 0 Å². The molecule has 6 heteroatoms. The third kappa shape index (κ3) is 6.92. The summed E-state index contributed by atoms with van der Waals surface area (Å²) in [6, 6.07) is 63.4. The molecule has 0 saturated heterocycles. The summed E-state index contributed by atoms with van der Waals surface area (Å²) in [7, 11) is 0. The van der Waals surface area contributed by atoms with Crippen molar-refractivity contribution in [2.75, 3.05) is 0 Å². The van der Waals surface area contributed by atoms with Gasteiger partial charge >= 0.3 is 0 Å². The predicted octanol–water partition coefficient (Wildman–Crippen LogP) is 11.4. The monoisotopic (exact) mass is 692 g/mol. The van der Waals surface area contributed by atoms with E-state index < -0.39 is 0 Å². The van der Waals surface area contributed by atoms with Crippen LogP contribution < -0.4 is 0 Å². The molecule has 0 saturated carbocycles. The van der Waals surface area contributed by atoms with Crippen LogP contribution >= 0.6 is 0 Å². The minimum atomic E-state index is 0.616. The minimum absolute atomic E-state index is 0.616. The summed E-state index contributed by atoms with van der Waals surface area (Å²) in [5.41, 5.74) is 12.1. The normalized spacial score (nSPS) is 11.0. The molecular weight excluding hydrogens is 661 g/mol. The molecule has 0 aliphatic heterocycles. The fourth-order valence-electron chi connectivity index (χ4n) is 6.48. The Morgan fingerprint density at radius 2 is 0.648 bits per heavy atom. The summed E-state index contributed by atoms with van der Waals surface area (Å²) in [6.45, 7) is 0. The van der Waals surface area contributed by atoms with E-state index in [2.05, 4.69) is 71.7 Å². The van der Waals surface area contributed by atoms with Crippen molar-refractivity contribution in [1.82, 2.24) is 29.9 Å². The van der Waals surface area contributed by atoms with Crippen LogP contribution in [-0.2, 0) is 0 Å². The Kier molecular flexibility index (Phi) is 8.81. The largest absolute Gasteiger partial charge is 0.255 e. The van der Waals surface area contributed by atoms with Gasteiger partial charge in [-0.05, 0) is 70.8 Å². The first kappa shape index (κ1) is 32.5. The lowest BCUT2D eigenvalue weighted by Crippen LogP contribution is -2.00. The van der Waals surface area contributed by atoms with Crippen LogP contribution in [0.15, 0.2) is 194 Å². The summed E-state index contributed by atoms with van der Waals surface area (Å²) >= 11 is 0. The molecule has 254 valence electrons. The third-order valence-electron chi connectivity index (χ3n) is 9.18. The van der Waals surface area contributed by atoms with Gasteiger partial charge in [0.25, 0.3) is 0 Å². The van der Waals surface area contributed by atoms with E-state index >= 15 is 0 Å². The molecule has 0 aliphatic carbocycles. The number of hydrogen-bond donors (Lipinski definition) is 0. The predicted molar refractivity (Wildman–Crippen MR) is 217 cm³/mol. The van der Waals surface area contributed by atoms with Crippen LogP contribution in [0.3, 0.4) is 0 Å². The van der Waals surface area contributed by atoms with Gasteiger partial charge in [0, 0.05) is 28.5 Å². The zero-order valence-corrected chi connectivity index (χ0v) is 29.2. The lowest BCUT2D eigenvalue weighted by atomic mass is 9.99. The zero-order valence-electron chi connectivity index (χ0n) is 29.2. The van der Waals surface area contributed by atoms with Gasteiger partial charge in [0.2, 0.25) is 0 Å². The molecule has 9 aromatic rings. The first-order valence-corrected chi connectivity index (χ1v) is 17.8. The van der Waals surface area contributed by atoms with Gasteiger partial charge in [0.05, 0.1) is 28.5 Å². The Labute approximate surface area is 313 Å². The molecule has 0 aliphatic rings. The van der Waals surface area contributed by atoms with Gasteiger partial charge in [-0.3, -0.25) is 4.98 Å². The number of aromatic nitrogens is 6. The summed E-state index contributed by atoms with van der Waals surface area (Å²) in [4.78, 5) is 29.5. The number of nitrogens with zero attached hydrogens (tertiary/aromatic N) is 6. The van der Waals surface area contributed by atoms with Crippen molar-refractivity contribution in [3.63, 3.8) is 0 Å². The van der Waals surface area contributed by atoms with Gasteiger partial charge in [-0.1, -0.05) is 140 Å². The molecule has 9 rings (SSSR count). The molecular formula is C48H32N6. The molecule has 4 heterocycles. The van der Waals surface area contributed by atoms with Crippen LogP contribution in [0.2, 0.25) is 0 Å². The van der Waals surface area contributed by atoms with Crippen LogP contribution in [0.5, 0.6) is 0 Å². The highest BCUT2D eigenvalue weighted by Gasteiger charge is 2.15. The topological polar surface area (TPSA) is 77.3 Å². The van der Waals surface area contributed by atoms with Crippen molar-refractivity contribution < 1.29 is 0 Å². The second-order valence-electron chi connectivity index (χ2n) is 12.8. The highest BCUT2D eigenvalue weighted by atomic mass is 15.0. The molecule has 5 aromatic carbocycles. The van der Waals surface area contributed by atoms with E-state index in [0.717, 1.165) is 73.0 Å². The maximum absolute atomic E-state index is 5.15. The van der Waals surface area contributed by atoms with Crippen molar-refractivity contribution in [1.29, 1.82) is 0 Å². The van der Waals surface area contributed by atoms with Gasteiger partial charge in [-0.15, -0.1) is 0 Å². The van der Waals surface area contributed by atoms with Crippen molar-refractivity contribution in [3.8, 4) is 90.5 Å². The fraction of sp³-hybridized carbons (Fsp3) is 0. The fourth-order valence-corrected chi connectivity index (χ4v) is 6.48. The maximum atomic E-state index is 5.15. The smallest absolute Gasteiger partial charge is 0.164 e. The Morgan fingerprint density at radius 1 is 0.222 bits per heavy atom. The SMILES string of the molecule is c1ccc(-c2cc(-c3ccccn3)nc(-c3cccc(-c4cccc(-c5cccc(-c6nc(-c7ccccc7)nc(-c7ccccc7)n6)c5)c4)n3)c2)cc1. The zero-order chi connectivity index (χ0) is 36.1. The third-order valence-corrected chi connectivity index (χ3v) is 9.18. The average molecular weight is 693 g/mol. The van der Waals surface area contributed by atoms with E-state index in [-0.39, 0.29) is 0 Å². The molecule has 54 heavy (non-hydrogen) atoms. The summed E-state index contributed by atoms with van der Waals surface area (Å²) in [6.07, 6.45) is 1.79. The van der Waals surface area contributed by atoms with Crippen molar-refractivity contribution in [2.24, 2.45) is 0 Å². The van der Waals surface area contributed by atoms with E-state index in [0.29, 0.717) is 17.5 Å². The van der Waals surface area contributed by atoms with E-state index in [4.69, 9.17) is 24.9 Å². The molecule has 4 aromatic heterocycles. The Morgan fingerprint density at radius 3 is 1.26 bits per heavy atom. The molecule has 0 radical (unpaired) electrons. The molecule has 0 N–H and O–H groups in total. The van der Waals surface area contributed by atoms with Crippen LogP contribution in [-0.4, -0.2) is 29.9 Å². The van der Waals surface area contributed by atoms with Gasteiger partial charge < -0.3 is 0 Å². The first-order valence-electron chi connectivity index (χ1n) is 17.8. The average Bonchev–Trinajstić information content (AvgIpc) is 3.27. The number of benzene rings is 5. The molecule has 6 nitrogen and oxygen atoms in total. The lowest BCUT2D eigenvalue weighted by Gasteiger charge is -2.11. The maximum Gasteiger partial charge on any atom is 0.164 e. The molecule has 0 atom stereocenters. The number of pyridine rings is 3. The standard InChI is InChI=1S/C48H32N6/c1-4-15-33(16-5-1)40-31-44(42-25-10-11-28-49-42)51-45(32-40)43-27-14-26-41(50-43)38-23-12-21-36(29-38)37-22-13-24-39(30-37)48-53-46(34-17-6-2-7-18-34)52-47(54-48)35-19-8-3-9-20-35/h1-32H. The van der Waals surface area contributed by atoms with E-state index in [1.807, 2.05) is 121 Å². The molecule has 0 bridgehead atoms. The Balaban J connectivity index is 1.08. The number of hydrogen-bond acceptors (Lipinski definition) is 6. The second kappa shape index (κ2) is 14.7.